The fraction of sp³-hybridized carbons (Fsp3) is 0.333. The standard InChI is InChI=1S/C9H8O4.C3H5O2/c1-5-6(8(10)11)3-2-4-7(5)9(12)13;4-1-3-2-5-3/h2-4H,1H3,(H,10,11)(H,12,13);3H,1-2H2. The average molecular weight is 253 g/mol. The summed E-state index contributed by atoms with van der Waals surface area (Å²) in [5, 5.41) is 26.9. The molecule has 0 aliphatic carbocycles. The molecule has 0 aromatic heterocycles. The lowest BCUT2D eigenvalue weighted by Crippen LogP contribution is -2.06. The maximum Gasteiger partial charge on any atom is 0.335 e. The van der Waals surface area contributed by atoms with Gasteiger partial charge in [-0.1, -0.05) is 6.07 Å². The summed E-state index contributed by atoms with van der Waals surface area (Å²) in [6, 6.07) is 4.17. The van der Waals surface area contributed by atoms with E-state index in [2.05, 4.69) is 4.74 Å². The Kier molecular flexibility index (Phi) is 4.82. The number of benzene rings is 1. The topological polar surface area (TPSA) is 107 Å². The molecule has 1 fully saturated rings. The molecular weight excluding hydrogens is 240 g/mol. The zero-order chi connectivity index (χ0) is 13.7. The zero-order valence-electron chi connectivity index (χ0n) is 9.75. The molecule has 2 N–H and O–H groups in total. The Morgan fingerprint density at radius 1 is 1.28 bits per heavy atom. The van der Waals surface area contributed by atoms with Crippen LogP contribution in [0.25, 0.3) is 0 Å². The third kappa shape index (κ3) is 3.83. The Balaban J connectivity index is 0.000000269. The molecule has 6 heteroatoms. The zero-order valence-corrected chi connectivity index (χ0v) is 9.75. The van der Waals surface area contributed by atoms with Gasteiger partial charge in [-0.15, -0.1) is 0 Å². The summed E-state index contributed by atoms with van der Waals surface area (Å²) in [5.74, 6) is -2.22. The molecule has 0 amide bonds. The van der Waals surface area contributed by atoms with E-state index in [9.17, 15) is 14.7 Å². The van der Waals surface area contributed by atoms with E-state index in [1.807, 2.05) is 0 Å². The largest absolute Gasteiger partial charge is 0.478 e. The number of carboxylic acids is 2. The quantitative estimate of drug-likeness (QED) is 0.787. The fourth-order valence-corrected chi connectivity index (χ4v) is 1.26. The SMILES string of the molecule is Cc1c(C(=O)O)cccc1C(=O)O.[O]CC1CO1. The van der Waals surface area contributed by atoms with Crippen LogP contribution in [0.15, 0.2) is 18.2 Å². The Morgan fingerprint density at radius 2 is 1.72 bits per heavy atom. The van der Waals surface area contributed by atoms with Gasteiger partial charge < -0.3 is 14.9 Å². The van der Waals surface area contributed by atoms with Crippen molar-refractivity contribution in [3.63, 3.8) is 0 Å². The molecule has 0 saturated carbocycles. The van der Waals surface area contributed by atoms with Crippen molar-refractivity contribution in [3.8, 4) is 0 Å². The van der Waals surface area contributed by atoms with Gasteiger partial charge in [-0.2, -0.15) is 0 Å². The molecule has 1 aromatic rings. The summed E-state index contributed by atoms with van der Waals surface area (Å²) >= 11 is 0. The van der Waals surface area contributed by atoms with Crippen molar-refractivity contribution in [1.29, 1.82) is 0 Å². The number of ether oxygens (including phenoxy) is 1. The third-order valence-electron chi connectivity index (χ3n) is 2.38. The fourth-order valence-electron chi connectivity index (χ4n) is 1.26. The van der Waals surface area contributed by atoms with Gasteiger partial charge in [0, 0.05) is 0 Å². The molecule has 1 saturated heterocycles. The van der Waals surface area contributed by atoms with Crippen LogP contribution in [0.3, 0.4) is 0 Å². The van der Waals surface area contributed by atoms with Gasteiger partial charge in [-0.25, -0.2) is 14.7 Å². The van der Waals surface area contributed by atoms with Gasteiger partial charge in [0.15, 0.2) is 0 Å². The lowest BCUT2D eigenvalue weighted by molar-refractivity contribution is 0.0696. The van der Waals surface area contributed by atoms with Crippen molar-refractivity contribution in [1.82, 2.24) is 0 Å². The van der Waals surface area contributed by atoms with Crippen molar-refractivity contribution in [3.05, 3.63) is 34.9 Å². The van der Waals surface area contributed by atoms with E-state index in [1.165, 1.54) is 25.1 Å². The van der Waals surface area contributed by atoms with Gasteiger partial charge in [-0.3, -0.25) is 0 Å². The predicted octanol–water partition coefficient (Wildman–Crippen LogP) is 1.21. The van der Waals surface area contributed by atoms with Gasteiger partial charge in [0.25, 0.3) is 0 Å². The van der Waals surface area contributed by atoms with Crippen LogP contribution >= 0.6 is 0 Å². The van der Waals surface area contributed by atoms with Gasteiger partial charge in [0.05, 0.1) is 17.7 Å². The van der Waals surface area contributed by atoms with Crippen molar-refractivity contribution >= 4 is 11.9 Å². The molecule has 0 bridgehead atoms. The Hall–Kier alpha value is -1.92. The third-order valence-corrected chi connectivity index (χ3v) is 2.38. The van der Waals surface area contributed by atoms with Gasteiger partial charge in [-0.05, 0) is 24.6 Å². The minimum atomic E-state index is -1.11. The number of rotatable bonds is 3. The molecule has 18 heavy (non-hydrogen) atoms. The Bertz CT molecular complexity index is 418. The van der Waals surface area contributed by atoms with E-state index in [1.54, 1.807) is 0 Å². The maximum atomic E-state index is 10.6. The molecule has 1 aliphatic rings. The van der Waals surface area contributed by atoms with Gasteiger partial charge >= 0.3 is 11.9 Å². The number of aromatic carboxylic acids is 2. The molecule has 0 spiro atoms. The van der Waals surface area contributed by atoms with Gasteiger partial charge in [0.2, 0.25) is 0 Å². The molecule has 1 unspecified atom stereocenters. The second-order valence-electron chi connectivity index (χ2n) is 3.71. The summed E-state index contributed by atoms with van der Waals surface area (Å²) < 4.78 is 4.55. The summed E-state index contributed by atoms with van der Waals surface area (Å²) in [5.41, 5.74) is 0.335. The first-order chi connectivity index (χ1) is 8.47. The van der Waals surface area contributed by atoms with E-state index in [0.29, 0.717) is 6.61 Å². The smallest absolute Gasteiger partial charge is 0.335 e. The second-order valence-corrected chi connectivity index (χ2v) is 3.71. The summed E-state index contributed by atoms with van der Waals surface area (Å²) in [6.07, 6.45) is 0.0787. The number of carbonyl (C=O) groups is 2. The first-order valence-electron chi connectivity index (χ1n) is 5.23. The highest BCUT2D eigenvalue weighted by Gasteiger charge is 2.20. The number of hydrogen-bond donors (Lipinski definition) is 2. The van der Waals surface area contributed by atoms with Crippen LogP contribution < -0.4 is 0 Å². The summed E-state index contributed by atoms with van der Waals surface area (Å²) in [7, 11) is 0. The van der Waals surface area contributed by atoms with Crippen LogP contribution in [-0.4, -0.2) is 41.5 Å². The molecule has 1 heterocycles. The molecule has 6 nitrogen and oxygen atoms in total. The Labute approximate surface area is 103 Å². The Morgan fingerprint density at radius 3 is 1.94 bits per heavy atom. The molecule has 1 aromatic carbocycles. The summed E-state index contributed by atoms with van der Waals surface area (Å²) in [4.78, 5) is 21.2. The van der Waals surface area contributed by atoms with Crippen molar-refractivity contribution in [2.24, 2.45) is 0 Å². The highest BCUT2D eigenvalue weighted by atomic mass is 16.6. The van der Waals surface area contributed by atoms with E-state index in [0.717, 1.165) is 0 Å². The molecule has 2 rings (SSSR count). The molecule has 97 valence electrons. The van der Waals surface area contributed by atoms with Crippen LogP contribution in [0, 0.1) is 6.92 Å². The molecular formula is C12H13O6. The maximum absolute atomic E-state index is 10.6. The van der Waals surface area contributed by atoms with E-state index in [4.69, 9.17) is 10.2 Å². The predicted molar refractivity (Wildman–Crippen MR) is 60.4 cm³/mol. The molecule has 1 aliphatic heterocycles. The highest BCUT2D eigenvalue weighted by molar-refractivity contribution is 5.96. The summed E-state index contributed by atoms with van der Waals surface area (Å²) in [6.45, 7) is 2.12. The van der Waals surface area contributed by atoms with Crippen LogP contribution in [-0.2, 0) is 9.84 Å². The minimum Gasteiger partial charge on any atom is -0.478 e. The van der Waals surface area contributed by atoms with Crippen LogP contribution in [0.2, 0.25) is 0 Å². The van der Waals surface area contributed by atoms with Crippen LogP contribution in [0.1, 0.15) is 26.3 Å². The van der Waals surface area contributed by atoms with Crippen LogP contribution in [0.5, 0.6) is 0 Å². The monoisotopic (exact) mass is 253 g/mol. The van der Waals surface area contributed by atoms with Crippen molar-refractivity contribution < 1.29 is 29.6 Å². The van der Waals surface area contributed by atoms with Crippen LogP contribution in [0.4, 0.5) is 0 Å². The molecule has 1 radical (unpaired) electrons. The van der Waals surface area contributed by atoms with Crippen molar-refractivity contribution in [2.75, 3.05) is 13.2 Å². The van der Waals surface area contributed by atoms with E-state index in [-0.39, 0.29) is 29.4 Å². The lowest BCUT2D eigenvalue weighted by atomic mass is 10.0. The minimum absolute atomic E-state index is 0.0277. The van der Waals surface area contributed by atoms with E-state index >= 15 is 0 Å². The number of hydrogen-bond acceptors (Lipinski definition) is 3. The first-order valence-corrected chi connectivity index (χ1v) is 5.23. The second kappa shape index (κ2) is 6.13. The van der Waals surface area contributed by atoms with E-state index < -0.39 is 11.9 Å². The first kappa shape index (κ1) is 14.1. The number of epoxide rings is 1. The van der Waals surface area contributed by atoms with Crippen molar-refractivity contribution in [2.45, 2.75) is 13.0 Å². The normalized spacial score (nSPS) is 16.4. The number of carboxylic acid groups (broad SMARTS) is 2. The average Bonchev–Trinajstić information content (AvgIpc) is 3.12. The molecule has 1 atom stereocenters. The highest BCUT2D eigenvalue weighted by Crippen LogP contribution is 2.13. The lowest BCUT2D eigenvalue weighted by Gasteiger charge is -2.03. The van der Waals surface area contributed by atoms with Gasteiger partial charge in [0.1, 0.15) is 12.7 Å².